The number of rotatable bonds is 6. The fourth-order valence-electron chi connectivity index (χ4n) is 3.67. The van der Waals surface area contributed by atoms with Gasteiger partial charge >= 0.3 is 0 Å². The summed E-state index contributed by atoms with van der Waals surface area (Å²) in [4.78, 5) is 21.7. The van der Waals surface area contributed by atoms with Gasteiger partial charge in [0.15, 0.2) is 0 Å². The second-order valence-corrected chi connectivity index (χ2v) is 7.10. The van der Waals surface area contributed by atoms with Crippen molar-refractivity contribution in [2.75, 3.05) is 25.1 Å². The van der Waals surface area contributed by atoms with Crippen LogP contribution in [-0.4, -0.2) is 42.0 Å². The molecule has 0 saturated heterocycles. The minimum Gasteiger partial charge on any atom is -0.497 e. The molecule has 1 aromatic heterocycles. The lowest BCUT2D eigenvalue weighted by molar-refractivity contribution is -0.120. The number of hydrogen-bond donors (Lipinski definition) is 0. The van der Waals surface area contributed by atoms with E-state index in [4.69, 9.17) is 4.74 Å². The van der Waals surface area contributed by atoms with Gasteiger partial charge in [0.2, 0.25) is 5.91 Å². The Bertz CT molecular complexity index is 774. The van der Waals surface area contributed by atoms with E-state index in [0.29, 0.717) is 12.6 Å². The third-order valence-electron chi connectivity index (χ3n) is 5.20. The summed E-state index contributed by atoms with van der Waals surface area (Å²) in [6, 6.07) is 12.5. The predicted octanol–water partition coefficient (Wildman–Crippen LogP) is 3.03. The zero-order chi connectivity index (χ0) is 17.9. The number of aryl methyl sites for hydroxylation is 1. The second-order valence-electron chi connectivity index (χ2n) is 7.10. The molecule has 1 aromatic carbocycles. The van der Waals surface area contributed by atoms with Gasteiger partial charge in [0, 0.05) is 31.0 Å². The maximum atomic E-state index is 13.1. The highest BCUT2D eigenvalue weighted by atomic mass is 16.5. The molecule has 0 atom stereocenters. The molecule has 0 bridgehead atoms. The molecule has 2 aliphatic rings. The van der Waals surface area contributed by atoms with Crippen molar-refractivity contribution in [2.24, 2.45) is 0 Å². The van der Waals surface area contributed by atoms with E-state index < -0.39 is 0 Å². The van der Waals surface area contributed by atoms with E-state index in [0.717, 1.165) is 43.1 Å². The van der Waals surface area contributed by atoms with Crippen molar-refractivity contribution >= 4 is 11.6 Å². The van der Waals surface area contributed by atoms with Gasteiger partial charge in [-0.25, -0.2) is 0 Å². The van der Waals surface area contributed by atoms with E-state index in [2.05, 4.69) is 16.0 Å². The molecule has 0 unspecified atom stereocenters. The summed E-state index contributed by atoms with van der Waals surface area (Å²) in [7, 11) is 1.68. The lowest BCUT2D eigenvalue weighted by atomic mass is 10.0. The van der Waals surface area contributed by atoms with Crippen molar-refractivity contribution in [2.45, 2.75) is 38.3 Å². The summed E-state index contributed by atoms with van der Waals surface area (Å²) in [6.07, 6.45) is 6.16. The Labute approximate surface area is 154 Å². The first-order valence-corrected chi connectivity index (χ1v) is 9.36. The van der Waals surface area contributed by atoms with E-state index in [1.165, 1.54) is 18.4 Å². The molecule has 5 heteroatoms. The van der Waals surface area contributed by atoms with Crippen LogP contribution in [-0.2, 0) is 17.8 Å². The molecule has 0 radical (unpaired) electrons. The average molecular weight is 351 g/mol. The SMILES string of the molecule is COc1ccc2c(c1)CCCN2C(=O)CN(Cc1ccccn1)C1CC1. The molecular formula is C21H25N3O2. The van der Waals surface area contributed by atoms with Gasteiger partial charge in [-0.05, 0) is 61.6 Å². The van der Waals surface area contributed by atoms with Crippen LogP contribution in [0.2, 0.25) is 0 Å². The van der Waals surface area contributed by atoms with Gasteiger partial charge < -0.3 is 9.64 Å². The Morgan fingerprint density at radius 1 is 1.31 bits per heavy atom. The van der Waals surface area contributed by atoms with Crippen LogP contribution in [0.25, 0.3) is 0 Å². The van der Waals surface area contributed by atoms with Crippen molar-refractivity contribution in [3.8, 4) is 5.75 Å². The number of aromatic nitrogens is 1. The minimum absolute atomic E-state index is 0.180. The smallest absolute Gasteiger partial charge is 0.241 e. The lowest BCUT2D eigenvalue weighted by Gasteiger charge is -2.32. The third-order valence-corrected chi connectivity index (χ3v) is 5.20. The predicted molar refractivity (Wildman–Crippen MR) is 101 cm³/mol. The molecule has 1 aliphatic carbocycles. The van der Waals surface area contributed by atoms with Crippen molar-refractivity contribution in [3.05, 3.63) is 53.9 Å². The standard InChI is InChI=1S/C21H25N3O2/c1-26-19-9-10-20-16(13-19)5-4-12-24(20)21(25)15-23(18-7-8-18)14-17-6-2-3-11-22-17/h2-3,6,9-11,13,18H,4-5,7-8,12,14-15H2,1H3. The van der Waals surface area contributed by atoms with Crippen LogP contribution in [0.15, 0.2) is 42.6 Å². The number of hydrogen-bond acceptors (Lipinski definition) is 4. The Kier molecular flexibility index (Phi) is 4.89. The molecule has 1 amide bonds. The minimum atomic E-state index is 0.180. The second kappa shape index (κ2) is 7.46. The Morgan fingerprint density at radius 2 is 2.19 bits per heavy atom. The van der Waals surface area contributed by atoms with E-state index in [-0.39, 0.29) is 5.91 Å². The maximum Gasteiger partial charge on any atom is 0.241 e. The summed E-state index contributed by atoms with van der Waals surface area (Å²) in [5.41, 5.74) is 3.26. The van der Waals surface area contributed by atoms with Crippen LogP contribution >= 0.6 is 0 Å². The first-order valence-electron chi connectivity index (χ1n) is 9.36. The zero-order valence-electron chi connectivity index (χ0n) is 15.2. The lowest BCUT2D eigenvalue weighted by Crippen LogP contribution is -2.43. The van der Waals surface area contributed by atoms with Crippen LogP contribution in [0.3, 0.4) is 0 Å². The van der Waals surface area contributed by atoms with Crippen LogP contribution < -0.4 is 9.64 Å². The van der Waals surface area contributed by atoms with Crippen molar-refractivity contribution < 1.29 is 9.53 Å². The van der Waals surface area contributed by atoms with Gasteiger partial charge in [-0.1, -0.05) is 6.07 Å². The molecule has 1 fully saturated rings. The van der Waals surface area contributed by atoms with E-state index >= 15 is 0 Å². The van der Waals surface area contributed by atoms with Crippen LogP contribution in [0, 0.1) is 0 Å². The largest absolute Gasteiger partial charge is 0.497 e. The Hall–Kier alpha value is -2.40. The highest BCUT2D eigenvalue weighted by Gasteiger charge is 2.32. The van der Waals surface area contributed by atoms with Crippen LogP contribution in [0.4, 0.5) is 5.69 Å². The molecule has 1 saturated carbocycles. The van der Waals surface area contributed by atoms with Crippen molar-refractivity contribution in [1.82, 2.24) is 9.88 Å². The summed E-state index contributed by atoms with van der Waals surface area (Å²) >= 11 is 0. The normalized spacial score (nSPS) is 16.5. The summed E-state index contributed by atoms with van der Waals surface area (Å²) in [6.45, 7) is 1.98. The number of amides is 1. The highest BCUT2D eigenvalue weighted by molar-refractivity contribution is 5.96. The monoisotopic (exact) mass is 351 g/mol. The molecule has 2 heterocycles. The van der Waals surface area contributed by atoms with E-state index in [9.17, 15) is 4.79 Å². The first kappa shape index (κ1) is 17.0. The summed E-state index contributed by atoms with van der Waals surface area (Å²) in [5, 5.41) is 0. The Balaban J connectivity index is 1.49. The molecule has 0 N–H and O–H groups in total. The van der Waals surface area contributed by atoms with Crippen molar-refractivity contribution in [3.63, 3.8) is 0 Å². The molecule has 5 nitrogen and oxygen atoms in total. The molecule has 0 spiro atoms. The number of ether oxygens (including phenoxy) is 1. The van der Waals surface area contributed by atoms with Gasteiger partial charge in [-0.15, -0.1) is 0 Å². The molecule has 1 aliphatic heterocycles. The maximum absolute atomic E-state index is 13.1. The van der Waals surface area contributed by atoms with E-state index in [1.54, 1.807) is 7.11 Å². The zero-order valence-corrected chi connectivity index (χ0v) is 15.2. The number of fused-ring (bicyclic) bond motifs is 1. The molecule has 136 valence electrons. The summed E-state index contributed by atoms with van der Waals surface area (Å²) < 4.78 is 5.33. The average Bonchev–Trinajstić information content (AvgIpc) is 3.52. The van der Waals surface area contributed by atoms with E-state index in [1.807, 2.05) is 41.4 Å². The fourth-order valence-corrected chi connectivity index (χ4v) is 3.67. The molecular weight excluding hydrogens is 326 g/mol. The number of benzene rings is 1. The fraction of sp³-hybridized carbons (Fsp3) is 0.429. The number of nitrogens with zero attached hydrogens (tertiary/aromatic N) is 3. The number of carbonyl (C=O) groups excluding carboxylic acids is 1. The van der Waals surface area contributed by atoms with Gasteiger partial charge in [0.1, 0.15) is 5.75 Å². The van der Waals surface area contributed by atoms with Crippen LogP contribution in [0.5, 0.6) is 5.75 Å². The topological polar surface area (TPSA) is 45.7 Å². The quantitative estimate of drug-likeness (QED) is 0.802. The third kappa shape index (κ3) is 3.73. The first-order chi connectivity index (χ1) is 12.7. The van der Waals surface area contributed by atoms with Gasteiger partial charge in [0.05, 0.1) is 19.3 Å². The summed E-state index contributed by atoms with van der Waals surface area (Å²) in [5.74, 6) is 1.03. The highest BCUT2D eigenvalue weighted by Crippen LogP contribution is 2.32. The van der Waals surface area contributed by atoms with Crippen LogP contribution in [0.1, 0.15) is 30.5 Å². The number of anilines is 1. The van der Waals surface area contributed by atoms with Crippen molar-refractivity contribution in [1.29, 1.82) is 0 Å². The van der Waals surface area contributed by atoms with Gasteiger partial charge in [-0.2, -0.15) is 0 Å². The van der Waals surface area contributed by atoms with Gasteiger partial charge in [-0.3, -0.25) is 14.7 Å². The number of pyridine rings is 1. The number of methoxy groups -OCH3 is 1. The Morgan fingerprint density at radius 3 is 2.92 bits per heavy atom. The molecule has 4 rings (SSSR count). The molecule has 2 aromatic rings. The molecule has 26 heavy (non-hydrogen) atoms. The number of carbonyl (C=O) groups is 1. The van der Waals surface area contributed by atoms with Gasteiger partial charge in [0.25, 0.3) is 0 Å².